The molecule has 1 aliphatic heterocycles. The first-order valence-corrected chi connectivity index (χ1v) is 10.9. The lowest BCUT2D eigenvalue weighted by Crippen LogP contribution is -2.27. The quantitative estimate of drug-likeness (QED) is 0.578. The average molecular weight is 453 g/mol. The minimum atomic E-state index is -0.965. The van der Waals surface area contributed by atoms with Crippen LogP contribution in [-0.2, 0) is 4.74 Å². The summed E-state index contributed by atoms with van der Waals surface area (Å²) in [5.41, 5.74) is -0.817. The number of hydrogen-bond donors (Lipinski definition) is 1. The fourth-order valence-electron chi connectivity index (χ4n) is 4.60. The van der Waals surface area contributed by atoms with Gasteiger partial charge in [-0.2, -0.15) is 0 Å². The van der Waals surface area contributed by atoms with E-state index in [1.165, 1.54) is 19.3 Å². The van der Waals surface area contributed by atoms with E-state index in [-0.39, 0.29) is 22.4 Å². The summed E-state index contributed by atoms with van der Waals surface area (Å²) >= 11 is 0. The zero-order valence-corrected chi connectivity index (χ0v) is 18.0. The molecule has 1 aromatic carbocycles. The van der Waals surface area contributed by atoms with E-state index < -0.39 is 40.7 Å². The third-order valence-corrected chi connectivity index (χ3v) is 6.39. The zero-order valence-electron chi connectivity index (χ0n) is 18.0. The van der Waals surface area contributed by atoms with Gasteiger partial charge in [0.25, 0.3) is 5.91 Å². The third kappa shape index (κ3) is 3.78. The Kier molecular flexibility index (Phi) is 5.40. The molecule has 1 unspecified atom stereocenters. The number of carbonyl (C=O) groups excluding carboxylic acids is 1. The van der Waals surface area contributed by atoms with Crippen LogP contribution < -0.4 is 5.32 Å². The van der Waals surface area contributed by atoms with Gasteiger partial charge in [0.1, 0.15) is 23.0 Å². The maximum absolute atomic E-state index is 16.2. The molecule has 1 spiro atoms. The number of amides is 1. The van der Waals surface area contributed by atoms with Gasteiger partial charge in [-0.3, -0.25) is 9.78 Å². The molecule has 5 nitrogen and oxygen atoms in total. The molecule has 1 aliphatic carbocycles. The van der Waals surface area contributed by atoms with Gasteiger partial charge < -0.3 is 10.1 Å². The Labute approximate surface area is 189 Å². The Morgan fingerprint density at radius 3 is 2.48 bits per heavy atom. The molecule has 1 atom stereocenters. The molecular formula is C25H22F3N3O2. The number of aromatic nitrogens is 2. The SMILES string of the molecule is CNC(=O)c1nc(-c2c(F)cccc2F)c(F)c(C2CCCC3(CC3)O2)c1-c1cccnc1. The highest BCUT2D eigenvalue weighted by Gasteiger charge is 2.49. The number of benzene rings is 1. The summed E-state index contributed by atoms with van der Waals surface area (Å²) in [7, 11) is 1.42. The maximum Gasteiger partial charge on any atom is 0.270 e. The van der Waals surface area contributed by atoms with Crippen LogP contribution >= 0.6 is 0 Å². The largest absolute Gasteiger partial charge is 0.367 e. The van der Waals surface area contributed by atoms with E-state index in [4.69, 9.17) is 4.74 Å². The van der Waals surface area contributed by atoms with Crippen molar-refractivity contribution in [3.63, 3.8) is 0 Å². The van der Waals surface area contributed by atoms with Crippen molar-refractivity contribution < 1.29 is 22.7 Å². The van der Waals surface area contributed by atoms with Gasteiger partial charge >= 0.3 is 0 Å². The summed E-state index contributed by atoms with van der Waals surface area (Å²) in [5, 5.41) is 2.50. The smallest absolute Gasteiger partial charge is 0.270 e. The lowest BCUT2D eigenvalue weighted by atomic mass is 9.88. The average Bonchev–Trinajstić information content (AvgIpc) is 3.57. The van der Waals surface area contributed by atoms with Crippen molar-refractivity contribution in [1.82, 2.24) is 15.3 Å². The van der Waals surface area contributed by atoms with Gasteiger partial charge in [0, 0.05) is 36.1 Å². The fraction of sp³-hybridized carbons (Fsp3) is 0.320. The van der Waals surface area contributed by atoms with Crippen molar-refractivity contribution >= 4 is 5.91 Å². The maximum atomic E-state index is 16.2. The standard InChI is InChI=1S/C25H22F3N3O2/c1-29-24(32)23-18(14-5-4-12-30-13-14)20(17-8-3-9-25(33-17)10-11-25)21(28)22(31-23)19-15(26)6-2-7-16(19)27/h2,4-7,12-13,17H,3,8-11H2,1H3,(H,29,32). The number of halogens is 3. The number of carbonyl (C=O) groups is 1. The summed E-state index contributed by atoms with van der Waals surface area (Å²) in [6, 6.07) is 6.61. The molecule has 0 radical (unpaired) electrons. The lowest BCUT2D eigenvalue weighted by Gasteiger charge is -2.32. The number of ether oxygens (including phenoxy) is 1. The molecule has 2 fully saturated rings. The van der Waals surface area contributed by atoms with Gasteiger partial charge in [0.15, 0.2) is 5.82 Å². The topological polar surface area (TPSA) is 64.1 Å². The number of rotatable bonds is 4. The van der Waals surface area contributed by atoms with Gasteiger partial charge in [0.2, 0.25) is 0 Å². The first kappa shape index (κ1) is 21.6. The second-order valence-corrected chi connectivity index (χ2v) is 8.51. The monoisotopic (exact) mass is 453 g/mol. The number of nitrogens with one attached hydrogen (secondary N) is 1. The first-order chi connectivity index (χ1) is 15.9. The Bertz CT molecular complexity index is 1210. The van der Waals surface area contributed by atoms with E-state index in [2.05, 4.69) is 15.3 Å². The van der Waals surface area contributed by atoms with Crippen LogP contribution in [0.1, 0.15) is 54.3 Å². The van der Waals surface area contributed by atoms with E-state index in [9.17, 15) is 13.6 Å². The molecule has 0 bridgehead atoms. The highest BCUT2D eigenvalue weighted by atomic mass is 19.1. The molecule has 8 heteroatoms. The minimum absolute atomic E-state index is 0.0835. The van der Waals surface area contributed by atoms with Crippen molar-refractivity contribution in [1.29, 1.82) is 0 Å². The normalized spacial score (nSPS) is 18.8. The van der Waals surface area contributed by atoms with Crippen molar-refractivity contribution in [2.45, 2.75) is 43.8 Å². The van der Waals surface area contributed by atoms with Gasteiger partial charge in [-0.15, -0.1) is 0 Å². The Balaban J connectivity index is 1.83. The molecular weight excluding hydrogens is 431 g/mol. The summed E-state index contributed by atoms with van der Waals surface area (Å²) in [6.07, 6.45) is 6.37. The third-order valence-electron chi connectivity index (χ3n) is 6.39. The molecule has 170 valence electrons. The Morgan fingerprint density at radius 2 is 1.85 bits per heavy atom. The van der Waals surface area contributed by atoms with Crippen molar-refractivity contribution in [2.75, 3.05) is 7.05 Å². The molecule has 1 saturated carbocycles. The van der Waals surface area contributed by atoms with Crippen LogP contribution in [0.15, 0.2) is 42.7 Å². The highest BCUT2D eigenvalue weighted by Crippen LogP contribution is 2.53. The van der Waals surface area contributed by atoms with Crippen molar-refractivity contribution in [2.24, 2.45) is 0 Å². The summed E-state index contributed by atoms with van der Waals surface area (Å²) in [4.78, 5) is 21.2. The molecule has 2 aliphatic rings. The van der Waals surface area contributed by atoms with E-state index in [1.807, 2.05) is 0 Å². The zero-order chi connectivity index (χ0) is 23.2. The van der Waals surface area contributed by atoms with Crippen LogP contribution in [0.3, 0.4) is 0 Å². The predicted molar refractivity (Wildman–Crippen MR) is 116 cm³/mol. The molecule has 5 rings (SSSR count). The van der Waals surface area contributed by atoms with E-state index in [0.717, 1.165) is 37.8 Å². The van der Waals surface area contributed by atoms with Crippen molar-refractivity contribution in [3.05, 3.63) is 71.4 Å². The van der Waals surface area contributed by atoms with Crippen LogP contribution in [0.2, 0.25) is 0 Å². The van der Waals surface area contributed by atoms with E-state index in [1.54, 1.807) is 18.3 Å². The van der Waals surface area contributed by atoms with Gasteiger partial charge in [-0.25, -0.2) is 18.2 Å². The van der Waals surface area contributed by atoms with Gasteiger partial charge in [-0.1, -0.05) is 12.1 Å². The van der Waals surface area contributed by atoms with E-state index in [0.29, 0.717) is 12.0 Å². The first-order valence-electron chi connectivity index (χ1n) is 10.9. The second kappa shape index (κ2) is 8.26. The minimum Gasteiger partial charge on any atom is -0.367 e. The van der Waals surface area contributed by atoms with Crippen LogP contribution in [0, 0.1) is 17.5 Å². The summed E-state index contributed by atoms with van der Waals surface area (Å²) in [6.45, 7) is 0. The van der Waals surface area contributed by atoms with Gasteiger partial charge in [-0.05, 0) is 50.3 Å². The molecule has 3 aromatic rings. The second-order valence-electron chi connectivity index (χ2n) is 8.51. The molecule has 1 saturated heterocycles. The Hall–Kier alpha value is -3.26. The highest BCUT2D eigenvalue weighted by molar-refractivity contribution is 6.00. The fourth-order valence-corrected chi connectivity index (χ4v) is 4.60. The van der Waals surface area contributed by atoms with Crippen LogP contribution in [0.4, 0.5) is 13.2 Å². The lowest BCUT2D eigenvalue weighted by molar-refractivity contribution is -0.0703. The molecule has 1 N–H and O–H groups in total. The molecule has 1 amide bonds. The predicted octanol–water partition coefficient (Wildman–Crippen LogP) is 5.36. The van der Waals surface area contributed by atoms with Crippen LogP contribution in [0.5, 0.6) is 0 Å². The summed E-state index contributed by atoms with van der Waals surface area (Å²) in [5.74, 6) is -3.43. The Morgan fingerprint density at radius 1 is 1.09 bits per heavy atom. The summed E-state index contributed by atoms with van der Waals surface area (Å²) < 4.78 is 51.9. The van der Waals surface area contributed by atoms with Gasteiger partial charge in [0.05, 0.1) is 17.3 Å². The number of nitrogens with zero attached hydrogens (tertiary/aromatic N) is 2. The van der Waals surface area contributed by atoms with Crippen LogP contribution in [-0.4, -0.2) is 28.5 Å². The molecule has 3 heterocycles. The molecule has 33 heavy (non-hydrogen) atoms. The number of hydrogen-bond acceptors (Lipinski definition) is 4. The molecule has 2 aromatic heterocycles. The van der Waals surface area contributed by atoms with E-state index >= 15 is 4.39 Å². The number of pyridine rings is 2. The van der Waals surface area contributed by atoms with Crippen LogP contribution in [0.25, 0.3) is 22.4 Å². The van der Waals surface area contributed by atoms with Crippen molar-refractivity contribution in [3.8, 4) is 22.4 Å².